The standard InChI is InChI=1S/C56H69N3O14/c1-34-44(58-59-57)42(30-60-27-38-19-11-7-12-20-38)65-36(3)45(34)67-53-49-48(71-55(5,6)72-49)47(37(4)66-53)69-51-35(2)46(43(31-63-51)62-29-40-23-15-9-16-24-40)68-54-50-56(33-64-54,32-61-28-39-21-13-8-14-22-39)73-52(70-50)41-25-17-10-18-26-41/h7-26,34-37,42-54H,27-33H2,1-6H3/t34?,35?,36-,37?,42?,43+,44+,45?,46?,47-,48?,49?,50+,51-,52-,53-,54-,56?/m0/s1. The lowest BCUT2D eigenvalue weighted by molar-refractivity contribution is -0.346. The van der Waals surface area contributed by atoms with Crippen molar-refractivity contribution in [2.24, 2.45) is 17.0 Å². The topological polar surface area (TPSA) is 178 Å². The van der Waals surface area contributed by atoms with Crippen molar-refractivity contribution in [3.05, 3.63) is 154 Å². The molecule has 0 aromatic heterocycles. The zero-order valence-corrected chi connectivity index (χ0v) is 42.4. The van der Waals surface area contributed by atoms with Crippen molar-refractivity contribution in [1.82, 2.24) is 0 Å². The molecule has 0 saturated carbocycles. The third-order valence-corrected chi connectivity index (χ3v) is 14.8. The van der Waals surface area contributed by atoms with Crippen LogP contribution in [-0.4, -0.2) is 124 Å². The average Bonchev–Trinajstić information content (AvgIpc) is 4.05. The number of rotatable bonds is 19. The maximum atomic E-state index is 9.66. The van der Waals surface area contributed by atoms with E-state index in [9.17, 15) is 5.53 Å². The molecule has 4 aromatic rings. The van der Waals surface area contributed by atoms with Gasteiger partial charge in [-0.15, -0.1) is 0 Å². The van der Waals surface area contributed by atoms with Crippen LogP contribution >= 0.6 is 0 Å². The van der Waals surface area contributed by atoms with Gasteiger partial charge in [-0.3, -0.25) is 0 Å². The van der Waals surface area contributed by atoms with Gasteiger partial charge in [-0.1, -0.05) is 140 Å². The number of hydrogen-bond donors (Lipinski definition) is 0. The predicted molar refractivity (Wildman–Crippen MR) is 263 cm³/mol. The van der Waals surface area contributed by atoms with Gasteiger partial charge in [-0.05, 0) is 55.8 Å². The van der Waals surface area contributed by atoms with E-state index in [-0.39, 0.29) is 32.3 Å². The second kappa shape index (κ2) is 23.3. The molecular formula is C56H69N3O14. The fourth-order valence-electron chi connectivity index (χ4n) is 11.0. The molecule has 9 unspecified atom stereocenters. The summed E-state index contributed by atoms with van der Waals surface area (Å²) < 4.78 is 93.0. The van der Waals surface area contributed by atoms with Crippen LogP contribution in [-0.2, 0) is 86.1 Å². The Morgan fingerprint density at radius 1 is 0.603 bits per heavy atom. The zero-order chi connectivity index (χ0) is 50.5. The molecule has 6 heterocycles. The SMILES string of the molecule is CC1C(O[C@@H]2OCC3(COCc4ccccc4)O[C@@H](c4ccccc4)O[C@H]23)[C@H](OCc2ccccc2)CO[C@H]1O[C@H]1C(C)O[C@@H](OC2C(C)[C@@H](N=[N+]=[N-])C(COCc3ccccc3)O[C@H]2C)C2OC(C)(C)OC21. The maximum Gasteiger partial charge on any atom is 0.187 e. The lowest BCUT2D eigenvalue weighted by Gasteiger charge is -2.48. The van der Waals surface area contributed by atoms with Crippen LogP contribution in [0.1, 0.15) is 70.1 Å². The van der Waals surface area contributed by atoms with Crippen LogP contribution in [0.25, 0.3) is 10.4 Å². The monoisotopic (exact) mass is 1010 g/mol. The van der Waals surface area contributed by atoms with Crippen LogP contribution in [0.4, 0.5) is 0 Å². The molecule has 10 rings (SSSR count). The molecule has 4 aromatic carbocycles. The summed E-state index contributed by atoms with van der Waals surface area (Å²) in [7, 11) is 0. The Hall–Kier alpha value is -4.37. The van der Waals surface area contributed by atoms with E-state index in [0.717, 1.165) is 22.3 Å². The van der Waals surface area contributed by atoms with Crippen LogP contribution in [0, 0.1) is 11.8 Å². The summed E-state index contributed by atoms with van der Waals surface area (Å²) in [6.45, 7) is 13.6. The molecule has 6 saturated heterocycles. The molecule has 0 amide bonds. The first kappa shape index (κ1) is 52.1. The summed E-state index contributed by atoms with van der Waals surface area (Å²) in [5.41, 5.74) is 12.7. The van der Waals surface area contributed by atoms with E-state index in [1.165, 1.54) is 0 Å². The van der Waals surface area contributed by atoms with Crippen LogP contribution in [0.3, 0.4) is 0 Å². The van der Waals surface area contributed by atoms with Gasteiger partial charge in [0.05, 0.1) is 82.8 Å². The molecular weight excluding hydrogens is 939 g/mol. The fraction of sp³-hybridized carbons (Fsp3) is 0.571. The van der Waals surface area contributed by atoms with Gasteiger partial charge in [0, 0.05) is 16.4 Å². The Morgan fingerprint density at radius 3 is 1.86 bits per heavy atom. The minimum Gasteiger partial charge on any atom is -0.374 e. The van der Waals surface area contributed by atoms with Crippen molar-refractivity contribution in [1.29, 1.82) is 0 Å². The van der Waals surface area contributed by atoms with Crippen LogP contribution in [0.15, 0.2) is 126 Å². The molecule has 6 fully saturated rings. The van der Waals surface area contributed by atoms with Crippen molar-refractivity contribution in [2.45, 2.75) is 165 Å². The third-order valence-electron chi connectivity index (χ3n) is 14.8. The van der Waals surface area contributed by atoms with E-state index in [1.807, 2.05) is 163 Å². The second-order valence-electron chi connectivity index (χ2n) is 20.5. The Morgan fingerprint density at radius 2 is 1.19 bits per heavy atom. The Balaban J connectivity index is 0.841. The van der Waals surface area contributed by atoms with Gasteiger partial charge in [0.25, 0.3) is 0 Å². The number of nitrogens with zero attached hydrogens (tertiary/aromatic N) is 3. The van der Waals surface area contributed by atoms with Crippen molar-refractivity contribution < 1.29 is 66.3 Å². The van der Waals surface area contributed by atoms with E-state index in [4.69, 9.17) is 66.3 Å². The highest BCUT2D eigenvalue weighted by molar-refractivity contribution is 5.19. The van der Waals surface area contributed by atoms with Gasteiger partial charge in [-0.25, -0.2) is 0 Å². The first-order valence-corrected chi connectivity index (χ1v) is 25.6. The molecule has 0 radical (unpaired) electrons. The Labute approximate surface area is 427 Å². The maximum absolute atomic E-state index is 9.66. The summed E-state index contributed by atoms with van der Waals surface area (Å²) in [4.78, 5) is 3.19. The van der Waals surface area contributed by atoms with E-state index >= 15 is 0 Å². The van der Waals surface area contributed by atoms with Crippen molar-refractivity contribution in [3.8, 4) is 0 Å². The van der Waals surface area contributed by atoms with Gasteiger partial charge in [0.15, 0.2) is 30.9 Å². The molecule has 73 heavy (non-hydrogen) atoms. The fourth-order valence-corrected chi connectivity index (χ4v) is 11.0. The Kier molecular flexibility index (Phi) is 16.6. The lowest BCUT2D eigenvalue weighted by atomic mass is 9.86. The number of azide groups is 1. The number of ether oxygens (including phenoxy) is 14. The van der Waals surface area contributed by atoms with Gasteiger partial charge in [0.2, 0.25) is 0 Å². The highest BCUT2D eigenvalue weighted by Crippen LogP contribution is 2.47. The quantitative estimate of drug-likeness (QED) is 0.0495. The largest absolute Gasteiger partial charge is 0.374 e. The van der Waals surface area contributed by atoms with E-state index in [1.54, 1.807) is 0 Å². The molecule has 17 heteroatoms. The van der Waals surface area contributed by atoms with Crippen LogP contribution < -0.4 is 0 Å². The van der Waals surface area contributed by atoms with Crippen molar-refractivity contribution in [3.63, 3.8) is 0 Å². The van der Waals surface area contributed by atoms with Crippen molar-refractivity contribution in [2.75, 3.05) is 26.4 Å². The van der Waals surface area contributed by atoms with Gasteiger partial charge >= 0.3 is 0 Å². The van der Waals surface area contributed by atoms with E-state index < -0.39 is 110 Å². The molecule has 6 aliphatic rings. The van der Waals surface area contributed by atoms with Gasteiger partial charge in [-0.2, -0.15) is 0 Å². The van der Waals surface area contributed by atoms with Crippen LogP contribution in [0.5, 0.6) is 0 Å². The smallest absolute Gasteiger partial charge is 0.187 e. The Bertz CT molecular complexity index is 2410. The molecule has 0 spiro atoms. The van der Waals surface area contributed by atoms with Gasteiger partial charge in [0.1, 0.15) is 36.1 Å². The lowest BCUT2D eigenvalue weighted by Crippen LogP contribution is -2.62. The molecule has 6 aliphatic heterocycles. The zero-order valence-electron chi connectivity index (χ0n) is 42.4. The predicted octanol–water partition coefficient (Wildman–Crippen LogP) is 8.73. The average molecular weight is 1010 g/mol. The molecule has 0 N–H and O–H groups in total. The van der Waals surface area contributed by atoms with Crippen LogP contribution in [0.2, 0.25) is 0 Å². The summed E-state index contributed by atoms with van der Waals surface area (Å²) >= 11 is 0. The first-order valence-electron chi connectivity index (χ1n) is 25.6. The highest BCUT2D eigenvalue weighted by Gasteiger charge is 2.62. The normalized spacial score (nSPS) is 37.8. The minimum atomic E-state index is -1.000. The minimum absolute atomic E-state index is 0.159. The summed E-state index contributed by atoms with van der Waals surface area (Å²) in [5.74, 6) is -1.67. The van der Waals surface area contributed by atoms with E-state index in [2.05, 4.69) is 10.0 Å². The van der Waals surface area contributed by atoms with E-state index in [0.29, 0.717) is 19.8 Å². The summed E-state index contributed by atoms with van der Waals surface area (Å²) in [6.07, 6.45) is -8.88. The second-order valence-corrected chi connectivity index (χ2v) is 20.5. The van der Waals surface area contributed by atoms with Crippen molar-refractivity contribution >= 4 is 0 Å². The first-order chi connectivity index (χ1) is 35.5. The molecule has 392 valence electrons. The number of fused-ring (bicyclic) bond motifs is 2. The molecule has 17 nitrogen and oxygen atoms in total. The molecule has 0 aliphatic carbocycles. The molecule has 0 bridgehead atoms. The molecule has 18 atom stereocenters. The third kappa shape index (κ3) is 11.9. The highest BCUT2D eigenvalue weighted by atomic mass is 16.8. The number of benzene rings is 4. The summed E-state index contributed by atoms with van der Waals surface area (Å²) in [6, 6.07) is 39.2. The summed E-state index contributed by atoms with van der Waals surface area (Å²) in [5, 5.41) is 4.18. The van der Waals surface area contributed by atoms with Gasteiger partial charge < -0.3 is 66.3 Å². The number of hydrogen-bond acceptors (Lipinski definition) is 15.